The van der Waals surface area contributed by atoms with E-state index in [4.69, 9.17) is 4.74 Å². The van der Waals surface area contributed by atoms with Crippen molar-refractivity contribution in [1.82, 2.24) is 4.90 Å². The number of ether oxygens (including phenoxy) is 1. The first-order valence-corrected chi connectivity index (χ1v) is 12.0. The second kappa shape index (κ2) is 10.3. The normalized spacial score (nSPS) is 13.6. The van der Waals surface area contributed by atoms with Gasteiger partial charge in [0.1, 0.15) is 5.75 Å². The predicted octanol–water partition coefficient (Wildman–Crippen LogP) is 5.48. The van der Waals surface area contributed by atoms with Gasteiger partial charge in [-0.15, -0.1) is 0 Å². The number of nitro benzene ring substituents is 1. The Morgan fingerprint density at radius 3 is 2.27 bits per heavy atom. The molecule has 1 amide bonds. The van der Waals surface area contributed by atoms with Gasteiger partial charge in [0, 0.05) is 52.9 Å². The quantitative estimate of drug-likeness (QED) is 0.312. The summed E-state index contributed by atoms with van der Waals surface area (Å²) in [5.74, 6) is 0.614. The third-order valence-electron chi connectivity index (χ3n) is 5.45. The van der Waals surface area contributed by atoms with Crippen LogP contribution in [0.15, 0.2) is 81.0 Å². The SMILES string of the molecule is COc1ccc(N2CCN(C(=O)c3ccc(Sc4ccc(Br)cc4)c([N+](=O)[O-])c3)CC2)cc1. The highest BCUT2D eigenvalue weighted by Gasteiger charge is 2.25. The number of carbonyl (C=O) groups is 1. The van der Waals surface area contributed by atoms with Crippen molar-refractivity contribution in [3.8, 4) is 5.75 Å². The third kappa shape index (κ3) is 5.48. The molecule has 1 heterocycles. The van der Waals surface area contributed by atoms with Crippen molar-refractivity contribution < 1.29 is 14.5 Å². The van der Waals surface area contributed by atoms with Crippen LogP contribution < -0.4 is 9.64 Å². The van der Waals surface area contributed by atoms with Gasteiger partial charge in [-0.1, -0.05) is 27.7 Å². The van der Waals surface area contributed by atoms with E-state index in [0.717, 1.165) is 20.8 Å². The van der Waals surface area contributed by atoms with Crippen molar-refractivity contribution in [2.45, 2.75) is 9.79 Å². The number of nitro groups is 1. The summed E-state index contributed by atoms with van der Waals surface area (Å²) in [5.41, 5.74) is 1.35. The maximum absolute atomic E-state index is 13.1. The molecule has 1 fully saturated rings. The number of nitrogens with zero attached hydrogens (tertiary/aromatic N) is 3. The molecule has 0 radical (unpaired) electrons. The highest BCUT2D eigenvalue weighted by Crippen LogP contribution is 2.36. The minimum atomic E-state index is -0.431. The molecule has 0 unspecified atom stereocenters. The number of hydrogen-bond donors (Lipinski definition) is 0. The van der Waals surface area contributed by atoms with Crippen LogP contribution in [0.1, 0.15) is 10.4 Å². The summed E-state index contributed by atoms with van der Waals surface area (Å²) in [6.07, 6.45) is 0. The molecule has 33 heavy (non-hydrogen) atoms. The Morgan fingerprint density at radius 1 is 1.00 bits per heavy atom. The van der Waals surface area contributed by atoms with Crippen LogP contribution >= 0.6 is 27.7 Å². The summed E-state index contributed by atoms with van der Waals surface area (Å²) in [7, 11) is 1.63. The van der Waals surface area contributed by atoms with Gasteiger partial charge >= 0.3 is 0 Å². The van der Waals surface area contributed by atoms with Gasteiger partial charge in [-0.3, -0.25) is 14.9 Å². The largest absolute Gasteiger partial charge is 0.497 e. The molecule has 0 atom stereocenters. The van der Waals surface area contributed by atoms with Gasteiger partial charge in [-0.05, 0) is 60.7 Å². The maximum Gasteiger partial charge on any atom is 0.284 e. The molecule has 0 saturated carbocycles. The Labute approximate surface area is 204 Å². The number of halogens is 1. The molecule has 1 saturated heterocycles. The van der Waals surface area contributed by atoms with Gasteiger partial charge in [-0.25, -0.2) is 0 Å². The molecule has 0 aromatic heterocycles. The van der Waals surface area contributed by atoms with Gasteiger partial charge in [0.25, 0.3) is 11.6 Å². The van der Waals surface area contributed by atoms with Crippen LogP contribution in [0.3, 0.4) is 0 Å². The lowest BCUT2D eigenvalue weighted by Gasteiger charge is -2.36. The number of rotatable bonds is 6. The predicted molar refractivity (Wildman–Crippen MR) is 132 cm³/mol. The van der Waals surface area contributed by atoms with E-state index in [9.17, 15) is 14.9 Å². The van der Waals surface area contributed by atoms with Crippen molar-refractivity contribution in [3.63, 3.8) is 0 Å². The Balaban J connectivity index is 1.45. The van der Waals surface area contributed by atoms with E-state index in [2.05, 4.69) is 20.8 Å². The van der Waals surface area contributed by atoms with Crippen LogP contribution in [0, 0.1) is 10.1 Å². The van der Waals surface area contributed by atoms with Gasteiger partial charge in [0.05, 0.1) is 16.9 Å². The Morgan fingerprint density at radius 2 is 1.67 bits per heavy atom. The summed E-state index contributed by atoms with van der Waals surface area (Å²) in [5, 5.41) is 11.7. The van der Waals surface area contributed by atoms with E-state index in [1.54, 1.807) is 24.1 Å². The fourth-order valence-corrected chi connectivity index (χ4v) is 4.82. The first-order valence-electron chi connectivity index (χ1n) is 10.3. The van der Waals surface area contributed by atoms with Crippen molar-refractivity contribution >= 4 is 45.0 Å². The lowest BCUT2D eigenvalue weighted by Crippen LogP contribution is -2.48. The van der Waals surface area contributed by atoms with Crippen LogP contribution in [0.2, 0.25) is 0 Å². The summed E-state index contributed by atoms with van der Waals surface area (Å²) in [6.45, 7) is 2.48. The first kappa shape index (κ1) is 23.1. The number of carbonyl (C=O) groups excluding carboxylic acids is 1. The Kier molecular flexibility index (Phi) is 7.20. The van der Waals surface area contributed by atoms with E-state index in [1.165, 1.54) is 17.8 Å². The number of methoxy groups -OCH3 is 1. The Bertz CT molecular complexity index is 1150. The maximum atomic E-state index is 13.1. The monoisotopic (exact) mass is 527 g/mol. The first-order chi connectivity index (χ1) is 15.9. The zero-order chi connectivity index (χ0) is 23.4. The molecule has 1 aliphatic rings. The average Bonchev–Trinajstić information content (AvgIpc) is 2.85. The molecule has 1 aliphatic heterocycles. The molecule has 0 spiro atoms. The molecular formula is C24H22BrN3O4S. The van der Waals surface area contributed by atoms with Crippen molar-refractivity contribution in [1.29, 1.82) is 0 Å². The van der Waals surface area contributed by atoms with Crippen molar-refractivity contribution in [2.24, 2.45) is 0 Å². The Hall–Kier alpha value is -3.04. The summed E-state index contributed by atoms with van der Waals surface area (Å²) < 4.78 is 6.14. The fraction of sp³-hybridized carbons (Fsp3) is 0.208. The summed E-state index contributed by atoms with van der Waals surface area (Å²) in [6, 6.07) is 20.1. The van der Waals surface area contributed by atoms with Crippen LogP contribution in [-0.2, 0) is 0 Å². The summed E-state index contributed by atoms with van der Waals surface area (Å²) in [4.78, 5) is 29.7. The topological polar surface area (TPSA) is 75.9 Å². The summed E-state index contributed by atoms with van der Waals surface area (Å²) >= 11 is 4.69. The molecule has 0 N–H and O–H groups in total. The number of hydrogen-bond acceptors (Lipinski definition) is 6. The van der Waals surface area contributed by atoms with E-state index >= 15 is 0 Å². The zero-order valence-corrected chi connectivity index (χ0v) is 20.3. The lowest BCUT2D eigenvalue weighted by atomic mass is 10.1. The van der Waals surface area contributed by atoms with Gasteiger partial charge in [-0.2, -0.15) is 0 Å². The molecule has 3 aromatic carbocycles. The van der Waals surface area contributed by atoms with Gasteiger partial charge < -0.3 is 14.5 Å². The molecular weight excluding hydrogens is 506 g/mol. The highest BCUT2D eigenvalue weighted by atomic mass is 79.9. The number of benzene rings is 3. The molecule has 0 bridgehead atoms. The standard InChI is InChI=1S/C24H22BrN3O4S/c1-32-20-7-5-19(6-8-20)26-12-14-27(15-13-26)24(29)17-2-11-23(22(16-17)28(30)31)33-21-9-3-18(25)4-10-21/h2-11,16H,12-15H2,1H3. The van der Waals surface area contributed by atoms with Crippen LogP contribution in [0.25, 0.3) is 0 Å². The van der Waals surface area contributed by atoms with Crippen molar-refractivity contribution in [2.75, 3.05) is 38.2 Å². The highest BCUT2D eigenvalue weighted by molar-refractivity contribution is 9.10. The van der Waals surface area contributed by atoms with E-state index < -0.39 is 4.92 Å². The van der Waals surface area contributed by atoms with Gasteiger partial charge in [0.2, 0.25) is 0 Å². The fourth-order valence-electron chi connectivity index (χ4n) is 3.65. The van der Waals surface area contributed by atoms with Crippen molar-refractivity contribution in [3.05, 3.63) is 86.9 Å². The second-order valence-electron chi connectivity index (χ2n) is 7.47. The van der Waals surface area contributed by atoms with E-state index in [-0.39, 0.29) is 11.6 Å². The molecule has 7 nitrogen and oxygen atoms in total. The minimum Gasteiger partial charge on any atom is -0.497 e. The smallest absolute Gasteiger partial charge is 0.284 e. The second-order valence-corrected chi connectivity index (χ2v) is 9.50. The van der Waals surface area contributed by atoms with Gasteiger partial charge in [0.15, 0.2) is 0 Å². The van der Waals surface area contributed by atoms with Crippen LogP contribution in [-0.4, -0.2) is 49.0 Å². The molecule has 4 rings (SSSR count). The molecule has 3 aromatic rings. The van der Waals surface area contributed by atoms with E-state index in [1.807, 2.05) is 48.5 Å². The number of piperazine rings is 1. The minimum absolute atomic E-state index is 0.0642. The van der Waals surface area contributed by atoms with Crippen LogP contribution in [0.5, 0.6) is 5.75 Å². The van der Waals surface area contributed by atoms with E-state index in [0.29, 0.717) is 36.6 Å². The molecule has 0 aliphatic carbocycles. The zero-order valence-electron chi connectivity index (χ0n) is 17.9. The lowest BCUT2D eigenvalue weighted by molar-refractivity contribution is -0.387. The number of anilines is 1. The number of amides is 1. The average molecular weight is 528 g/mol. The third-order valence-corrected chi connectivity index (χ3v) is 7.05. The molecule has 170 valence electrons. The van der Waals surface area contributed by atoms with Crippen LogP contribution in [0.4, 0.5) is 11.4 Å². The molecule has 9 heteroatoms.